The van der Waals surface area contributed by atoms with Crippen molar-refractivity contribution in [1.82, 2.24) is 10.3 Å². The van der Waals surface area contributed by atoms with Gasteiger partial charge in [-0.15, -0.1) is 0 Å². The van der Waals surface area contributed by atoms with E-state index in [0.29, 0.717) is 5.82 Å². The molecule has 1 amide bonds. The third-order valence-corrected chi connectivity index (χ3v) is 6.16. The Morgan fingerprint density at radius 3 is 1.91 bits per heavy atom. The number of rotatable bonds is 5. The standard InChI is InChI=1S/C28H24FN3O2/c1-32-26-25(17-23(29)18-30-26)34-19-24(27(32)33)31-28(20-11-5-2-6-12-20,21-13-7-3-8-14-21)22-15-9-4-10-16-22/h2-18,24,31H,19H2,1H3/t24-/m0/s1. The minimum atomic E-state index is -0.844. The maximum atomic E-state index is 13.8. The largest absolute Gasteiger partial charge is 0.487 e. The molecule has 6 heteroatoms. The number of hydrogen-bond donors (Lipinski definition) is 1. The van der Waals surface area contributed by atoms with E-state index >= 15 is 0 Å². The van der Waals surface area contributed by atoms with Crippen LogP contribution in [0.1, 0.15) is 16.7 Å². The van der Waals surface area contributed by atoms with E-state index in [9.17, 15) is 9.18 Å². The third-order valence-electron chi connectivity index (χ3n) is 6.16. The Morgan fingerprint density at radius 1 is 0.912 bits per heavy atom. The molecule has 2 heterocycles. The molecule has 0 aliphatic carbocycles. The van der Waals surface area contributed by atoms with Gasteiger partial charge in [-0.1, -0.05) is 91.0 Å². The summed E-state index contributed by atoms with van der Waals surface area (Å²) in [5.41, 5.74) is 2.10. The molecular formula is C28H24FN3O2. The van der Waals surface area contributed by atoms with Crippen LogP contribution < -0.4 is 15.0 Å². The fourth-order valence-electron chi connectivity index (χ4n) is 4.53. The maximum Gasteiger partial charge on any atom is 0.248 e. The van der Waals surface area contributed by atoms with Crippen molar-refractivity contribution in [3.05, 3.63) is 126 Å². The molecule has 0 bridgehead atoms. The Morgan fingerprint density at radius 2 is 1.41 bits per heavy atom. The molecule has 170 valence electrons. The Bertz CT molecular complexity index is 1190. The molecule has 1 aliphatic rings. The van der Waals surface area contributed by atoms with Crippen molar-refractivity contribution in [2.45, 2.75) is 11.6 Å². The van der Waals surface area contributed by atoms with Crippen LogP contribution in [0.4, 0.5) is 10.2 Å². The van der Waals surface area contributed by atoms with Gasteiger partial charge in [-0.05, 0) is 16.7 Å². The summed E-state index contributed by atoms with van der Waals surface area (Å²) in [6, 6.07) is 30.6. The van der Waals surface area contributed by atoms with Crippen LogP contribution in [0.5, 0.6) is 5.75 Å². The molecule has 0 unspecified atom stereocenters. The molecule has 1 atom stereocenters. The number of pyridine rings is 1. The molecule has 5 nitrogen and oxygen atoms in total. The average Bonchev–Trinajstić information content (AvgIpc) is 3.00. The second kappa shape index (κ2) is 9.08. The zero-order valence-electron chi connectivity index (χ0n) is 18.7. The second-order valence-corrected chi connectivity index (χ2v) is 8.23. The topological polar surface area (TPSA) is 54.5 Å². The summed E-state index contributed by atoms with van der Waals surface area (Å²) in [4.78, 5) is 19.1. The molecule has 1 aliphatic heterocycles. The zero-order valence-corrected chi connectivity index (χ0v) is 18.7. The van der Waals surface area contributed by atoms with Crippen LogP contribution in [-0.2, 0) is 10.3 Å². The molecule has 1 aromatic heterocycles. The number of ether oxygens (including phenoxy) is 1. The number of amides is 1. The molecular weight excluding hydrogens is 429 g/mol. The number of nitrogens with zero attached hydrogens (tertiary/aromatic N) is 2. The smallest absolute Gasteiger partial charge is 0.248 e. The molecule has 0 radical (unpaired) electrons. The lowest BCUT2D eigenvalue weighted by Crippen LogP contribution is -2.57. The number of fused-ring (bicyclic) bond motifs is 1. The van der Waals surface area contributed by atoms with E-state index in [0.717, 1.165) is 22.9 Å². The summed E-state index contributed by atoms with van der Waals surface area (Å²) >= 11 is 0. The number of carbonyl (C=O) groups excluding carboxylic acids is 1. The predicted octanol–water partition coefficient (Wildman–Crippen LogP) is 4.53. The fourth-order valence-corrected chi connectivity index (χ4v) is 4.53. The Hall–Kier alpha value is -4.03. The number of nitrogens with one attached hydrogen (secondary N) is 1. The highest BCUT2D eigenvalue weighted by Gasteiger charge is 2.42. The molecule has 0 fully saturated rings. The molecule has 0 saturated carbocycles. The summed E-state index contributed by atoms with van der Waals surface area (Å²) in [5, 5.41) is 3.65. The number of anilines is 1. The zero-order chi connectivity index (χ0) is 23.5. The number of halogens is 1. The summed E-state index contributed by atoms with van der Waals surface area (Å²) in [6.45, 7) is 0.0234. The second-order valence-electron chi connectivity index (χ2n) is 8.23. The van der Waals surface area contributed by atoms with Crippen molar-refractivity contribution in [1.29, 1.82) is 0 Å². The van der Waals surface area contributed by atoms with Gasteiger partial charge >= 0.3 is 0 Å². The van der Waals surface area contributed by atoms with Crippen LogP contribution in [0.15, 0.2) is 103 Å². The van der Waals surface area contributed by atoms with E-state index in [1.165, 1.54) is 11.0 Å². The molecule has 3 aromatic carbocycles. The van der Waals surface area contributed by atoms with Crippen LogP contribution in [0, 0.1) is 5.82 Å². The Labute approximate surface area is 197 Å². The van der Waals surface area contributed by atoms with Gasteiger partial charge in [0.1, 0.15) is 18.5 Å². The first kappa shape index (κ1) is 21.8. The highest BCUT2D eigenvalue weighted by molar-refractivity contribution is 5.98. The van der Waals surface area contributed by atoms with Gasteiger partial charge in [-0.3, -0.25) is 15.0 Å². The van der Waals surface area contributed by atoms with E-state index in [1.54, 1.807) is 7.05 Å². The molecule has 1 N–H and O–H groups in total. The SMILES string of the molecule is CN1C(=O)[C@@H](NC(c2ccccc2)(c2ccccc2)c2ccccc2)COc2cc(F)cnc21. The van der Waals surface area contributed by atoms with Crippen molar-refractivity contribution in [2.75, 3.05) is 18.6 Å². The van der Waals surface area contributed by atoms with Gasteiger partial charge in [-0.25, -0.2) is 9.37 Å². The molecule has 0 saturated heterocycles. The van der Waals surface area contributed by atoms with Crippen LogP contribution in [0.25, 0.3) is 0 Å². The van der Waals surface area contributed by atoms with E-state index in [2.05, 4.69) is 10.3 Å². The van der Waals surface area contributed by atoms with Gasteiger partial charge in [0.2, 0.25) is 5.91 Å². The lowest BCUT2D eigenvalue weighted by molar-refractivity contribution is -0.121. The van der Waals surface area contributed by atoms with Crippen LogP contribution >= 0.6 is 0 Å². The van der Waals surface area contributed by atoms with Gasteiger partial charge in [0, 0.05) is 13.1 Å². The molecule has 0 spiro atoms. The van der Waals surface area contributed by atoms with Crippen LogP contribution in [0.2, 0.25) is 0 Å². The molecule has 4 aromatic rings. The van der Waals surface area contributed by atoms with E-state index in [4.69, 9.17) is 4.74 Å². The first-order valence-corrected chi connectivity index (χ1v) is 11.1. The number of aromatic nitrogens is 1. The van der Waals surface area contributed by atoms with Crippen LogP contribution in [-0.4, -0.2) is 30.6 Å². The molecule has 5 rings (SSSR count). The van der Waals surface area contributed by atoms with Gasteiger partial charge in [0.25, 0.3) is 0 Å². The normalized spacial score (nSPS) is 15.9. The number of benzene rings is 3. The minimum Gasteiger partial charge on any atom is -0.487 e. The van der Waals surface area contributed by atoms with E-state index in [1.807, 2.05) is 91.0 Å². The lowest BCUT2D eigenvalue weighted by Gasteiger charge is -2.39. The van der Waals surface area contributed by atoms with Crippen molar-refractivity contribution in [3.8, 4) is 5.75 Å². The van der Waals surface area contributed by atoms with Gasteiger partial charge in [0.15, 0.2) is 11.6 Å². The Balaban J connectivity index is 1.66. The number of hydrogen-bond acceptors (Lipinski definition) is 4. The first-order valence-electron chi connectivity index (χ1n) is 11.1. The number of carbonyl (C=O) groups is 1. The fraction of sp³-hybridized carbons (Fsp3) is 0.143. The summed E-state index contributed by atoms with van der Waals surface area (Å²) < 4.78 is 19.7. The highest BCUT2D eigenvalue weighted by atomic mass is 19.1. The predicted molar refractivity (Wildman–Crippen MR) is 129 cm³/mol. The summed E-state index contributed by atoms with van der Waals surface area (Å²) in [6.07, 6.45) is 1.09. The average molecular weight is 454 g/mol. The quantitative estimate of drug-likeness (QED) is 0.451. The highest BCUT2D eigenvalue weighted by Crippen LogP contribution is 2.38. The van der Waals surface area contributed by atoms with Crippen molar-refractivity contribution < 1.29 is 13.9 Å². The van der Waals surface area contributed by atoms with Gasteiger partial charge < -0.3 is 4.74 Å². The first-order chi connectivity index (χ1) is 16.6. The van der Waals surface area contributed by atoms with Gasteiger partial charge in [0.05, 0.1) is 11.7 Å². The van der Waals surface area contributed by atoms with Gasteiger partial charge in [-0.2, -0.15) is 0 Å². The number of likely N-dealkylation sites (N-methyl/N-ethyl adjacent to an activating group) is 1. The third kappa shape index (κ3) is 3.82. The van der Waals surface area contributed by atoms with Crippen molar-refractivity contribution in [2.24, 2.45) is 0 Å². The summed E-state index contributed by atoms with van der Waals surface area (Å²) in [5.74, 6) is -0.200. The van der Waals surface area contributed by atoms with E-state index in [-0.39, 0.29) is 18.3 Å². The van der Waals surface area contributed by atoms with Crippen LogP contribution in [0.3, 0.4) is 0 Å². The summed E-state index contributed by atoms with van der Waals surface area (Å²) in [7, 11) is 1.63. The van der Waals surface area contributed by atoms with Crippen molar-refractivity contribution >= 4 is 11.7 Å². The van der Waals surface area contributed by atoms with Crippen molar-refractivity contribution in [3.63, 3.8) is 0 Å². The maximum absolute atomic E-state index is 13.8. The molecule has 34 heavy (non-hydrogen) atoms. The monoisotopic (exact) mass is 453 g/mol. The Kier molecular flexibility index (Phi) is 5.82. The lowest BCUT2D eigenvalue weighted by atomic mass is 9.76. The minimum absolute atomic E-state index is 0.0234. The van der Waals surface area contributed by atoms with E-state index < -0.39 is 17.4 Å².